The molecular formula is C25H37ISSi. The molecule has 0 atom stereocenters. The van der Waals surface area contributed by atoms with Crippen LogP contribution in [-0.4, -0.2) is 8.07 Å². The molecular weight excluding hydrogens is 487 g/mol. The molecule has 1 heterocycles. The second kappa shape index (κ2) is 12.3. The Bertz CT molecular complexity index is 753. The first-order valence-electron chi connectivity index (χ1n) is 10.7. The Kier molecular flexibility index (Phi) is 11.2. The third-order valence-electron chi connectivity index (χ3n) is 5.51. The molecule has 0 saturated heterocycles. The molecule has 0 unspecified atom stereocenters. The summed E-state index contributed by atoms with van der Waals surface area (Å²) in [4.78, 5) is 2.29. The van der Waals surface area contributed by atoms with E-state index in [1.807, 2.05) is 0 Å². The molecule has 0 aromatic carbocycles. The Balaban J connectivity index is 3.16. The second-order valence-corrected chi connectivity index (χ2v) is 16.4. The van der Waals surface area contributed by atoms with E-state index in [1.54, 1.807) is 11.3 Å². The van der Waals surface area contributed by atoms with Crippen molar-refractivity contribution in [3.05, 3.63) is 31.0 Å². The minimum atomic E-state index is -1.67. The first-order valence-corrected chi connectivity index (χ1v) is 14.8. The van der Waals surface area contributed by atoms with E-state index in [-0.39, 0.29) is 0 Å². The van der Waals surface area contributed by atoms with Crippen molar-refractivity contribution in [2.45, 2.75) is 97.7 Å². The van der Waals surface area contributed by atoms with Gasteiger partial charge in [-0.25, -0.2) is 0 Å². The van der Waals surface area contributed by atoms with Crippen LogP contribution in [0.1, 0.15) is 90.8 Å². The Morgan fingerprint density at radius 2 is 1.39 bits per heavy atom. The fraction of sp³-hybridized carbons (Fsp3) is 0.600. The highest BCUT2D eigenvalue weighted by atomic mass is 127. The van der Waals surface area contributed by atoms with E-state index >= 15 is 0 Å². The highest BCUT2D eigenvalue weighted by molar-refractivity contribution is 14.1. The summed E-state index contributed by atoms with van der Waals surface area (Å²) in [5, 5.41) is 0. The van der Waals surface area contributed by atoms with Crippen molar-refractivity contribution in [3.63, 3.8) is 0 Å². The lowest BCUT2D eigenvalue weighted by Gasteiger charge is -2.38. The number of rotatable bonds is 7. The molecule has 0 aliphatic rings. The fourth-order valence-corrected chi connectivity index (χ4v) is 11.1. The van der Waals surface area contributed by atoms with E-state index in [4.69, 9.17) is 0 Å². The summed E-state index contributed by atoms with van der Waals surface area (Å²) in [5.41, 5.74) is 7.14. The summed E-state index contributed by atoms with van der Waals surface area (Å²) in [5.74, 6) is 10.4. The van der Waals surface area contributed by atoms with Gasteiger partial charge in [0, 0.05) is 9.15 Å². The second-order valence-electron chi connectivity index (χ2n) is 8.44. The molecule has 0 nitrogen and oxygen atoms in total. The van der Waals surface area contributed by atoms with E-state index in [1.165, 1.54) is 15.6 Å². The van der Waals surface area contributed by atoms with Gasteiger partial charge in [-0.3, -0.25) is 0 Å². The van der Waals surface area contributed by atoms with Gasteiger partial charge >= 0.3 is 0 Å². The molecule has 0 radical (unpaired) electrons. The molecule has 154 valence electrons. The highest BCUT2D eigenvalue weighted by Gasteiger charge is 2.41. The predicted molar refractivity (Wildman–Crippen MR) is 140 cm³/mol. The topological polar surface area (TPSA) is 0 Å². The molecule has 1 rings (SSSR count). The summed E-state index contributed by atoms with van der Waals surface area (Å²) in [7, 11) is -1.67. The van der Waals surface area contributed by atoms with Gasteiger partial charge in [-0.1, -0.05) is 86.0 Å². The third kappa shape index (κ3) is 6.79. The van der Waals surface area contributed by atoms with Crippen molar-refractivity contribution in [1.82, 2.24) is 0 Å². The molecule has 0 spiro atoms. The van der Waals surface area contributed by atoms with E-state index in [0.29, 0.717) is 16.6 Å². The average Bonchev–Trinajstić information content (AvgIpc) is 3.06. The normalized spacial score (nSPS) is 12.6. The van der Waals surface area contributed by atoms with Crippen LogP contribution in [-0.2, 0) is 0 Å². The number of halogens is 1. The number of hydrogen-bond acceptors (Lipinski definition) is 1. The average molecular weight is 525 g/mol. The molecule has 0 fully saturated rings. The lowest BCUT2D eigenvalue weighted by Crippen LogP contribution is -2.43. The molecule has 0 bridgehead atoms. The van der Waals surface area contributed by atoms with Gasteiger partial charge in [0.2, 0.25) is 0 Å². The Labute approximate surface area is 193 Å². The van der Waals surface area contributed by atoms with Gasteiger partial charge in [0.25, 0.3) is 0 Å². The molecule has 0 aliphatic heterocycles. The maximum absolute atomic E-state index is 3.82. The molecule has 1 aromatic heterocycles. The first-order chi connectivity index (χ1) is 13.2. The maximum Gasteiger partial charge on any atom is 0.146 e. The van der Waals surface area contributed by atoms with E-state index in [9.17, 15) is 0 Å². The van der Waals surface area contributed by atoms with Crippen molar-refractivity contribution >= 4 is 42.0 Å². The van der Waals surface area contributed by atoms with Gasteiger partial charge in [-0.2, -0.15) is 0 Å². The van der Waals surface area contributed by atoms with Gasteiger partial charge in [0.05, 0.1) is 9.75 Å². The van der Waals surface area contributed by atoms with E-state index in [2.05, 4.69) is 113 Å². The molecule has 3 heteroatoms. The van der Waals surface area contributed by atoms with Gasteiger partial charge in [0.1, 0.15) is 8.07 Å². The summed E-state index contributed by atoms with van der Waals surface area (Å²) in [6, 6.07) is 4.29. The van der Waals surface area contributed by atoms with E-state index in [0.717, 1.165) is 29.0 Å². The Morgan fingerprint density at radius 3 is 1.86 bits per heavy atom. The summed E-state index contributed by atoms with van der Waals surface area (Å²) < 4.78 is 1.42. The summed E-state index contributed by atoms with van der Waals surface area (Å²) >= 11 is 4.22. The lowest BCUT2D eigenvalue weighted by molar-refractivity contribution is 0.838. The maximum atomic E-state index is 3.82. The van der Waals surface area contributed by atoms with Crippen molar-refractivity contribution in [2.75, 3.05) is 0 Å². The van der Waals surface area contributed by atoms with Crippen molar-refractivity contribution in [1.29, 1.82) is 0 Å². The van der Waals surface area contributed by atoms with Crippen LogP contribution < -0.4 is 0 Å². The lowest BCUT2D eigenvalue weighted by atomic mass is 10.1. The SMILES string of the molecule is CCC/C(I)=C(\C#Cc1ccc(C#C[Si](C(C)C)(C(C)C)C(C)C)s1)CCC. The van der Waals surface area contributed by atoms with Crippen LogP contribution in [0.4, 0.5) is 0 Å². The zero-order valence-electron chi connectivity index (χ0n) is 19.0. The Morgan fingerprint density at radius 1 is 0.893 bits per heavy atom. The minimum Gasteiger partial charge on any atom is -0.124 e. The summed E-state index contributed by atoms with van der Waals surface area (Å²) in [6.07, 6.45) is 4.54. The minimum absolute atomic E-state index is 0.668. The van der Waals surface area contributed by atoms with Crippen LogP contribution in [0.3, 0.4) is 0 Å². The monoisotopic (exact) mass is 524 g/mol. The molecule has 0 N–H and O–H groups in total. The van der Waals surface area contributed by atoms with Crippen molar-refractivity contribution in [2.24, 2.45) is 0 Å². The largest absolute Gasteiger partial charge is 0.146 e. The van der Waals surface area contributed by atoms with Crippen LogP contribution in [0.25, 0.3) is 0 Å². The van der Waals surface area contributed by atoms with Gasteiger partial charge in [0.15, 0.2) is 0 Å². The summed E-state index contributed by atoms with van der Waals surface area (Å²) in [6.45, 7) is 18.7. The molecule has 0 aliphatic carbocycles. The fourth-order valence-electron chi connectivity index (χ4n) is 4.10. The van der Waals surface area contributed by atoms with E-state index < -0.39 is 8.07 Å². The molecule has 0 saturated carbocycles. The van der Waals surface area contributed by atoms with Crippen LogP contribution >= 0.6 is 33.9 Å². The standard InChI is InChI=1S/C25H37ISSi/c1-9-11-22(25(26)12-10-2)13-14-23-15-16-24(27-23)17-18-28(19(3)4,20(5)6)21(7)8/h15-16,19-21H,9-12H2,1-8H3/b25-22+. The molecule has 0 amide bonds. The van der Waals surface area contributed by atoms with Crippen LogP contribution in [0.5, 0.6) is 0 Å². The number of allylic oxidation sites excluding steroid dienone is 2. The van der Waals surface area contributed by atoms with Gasteiger partial charge < -0.3 is 0 Å². The number of hydrogen-bond donors (Lipinski definition) is 0. The van der Waals surface area contributed by atoms with Crippen LogP contribution in [0, 0.1) is 23.3 Å². The quantitative estimate of drug-likeness (QED) is 0.190. The predicted octanol–water partition coefficient (Wildman–Crippen LogP) is 8.96. The number of thiophene rings is 1. The van der Waals surface area contributed by atoms with Crippen LogP contribution in [0.15, 0.2) is 21.3 Å². The van der Waals surface area contributed by atoms with Crippen molar-refractivity contribution in [3.8, 4) is 23.3 Å². The van der Waals surface area contributed by atoms with Gasteiger partial charge in [-0.05, 0) is 64.2 Å². The molecule has 1 aromatic rings. The first kappa shape index (κ1) is 25.5. The Hall–Kier alpha value is -0.493. The van der Waals surface area contributed by atoms with Gasteiger partial charge in [-0.15, -0.1) is 16.9 Å². The smallest absolute Gasteiger partial charge is 0.124 e. The highest BCUT2D eigenvalue weighted by Crippen LogP contribution is 2.40. The third-order valence-corrected chi connectivity index (χ3v) is 13.9. The van der Waals surface area contributed by atoms with Crippen molar-refractivity contribution < 1.29 is 0 Å². The molecule has 28 heavy (non-hydrogen) atoms. The van der Waals surface area contributed by atoms with Crippen LogP contribution in [0.2, 0.25) is 16.6 Å². The zero-order valence-corrected chi connectivity index (χ0v) is 23.0. The zero-order chi connectivity index (χ0) is 21.3.